The lowest BCUT2D eigenvalue weighted by atomic mass is 10.0. The molecule has 0 unspecified atom stereocenters. The first-order valence-electron chi connectivity index (χ1n) is 14.4. The first kappa shape index (κ1) is 24.2. The van der Waals surface area contributed by atoms with Gasteiger partial charge in [0, 0.05) is 36.9 Å². The molecule has 0 radical (unpaired) electrons. The molecule has 0 aliphatic rings. The van der Waals surface area contributed by atoms with Gasteiger partial charge in [0.2, 0.25) is 0 Å². The van der Waals surface area contributed by atoms with Gasteiger partial charge in [-0.3, -0.25) is 0 Å². The van der Waals surface area contributed by atoms with E-state index in [1.165, 1.54) is 36.3 Å². The molecule has 43 heavy (non-hydrogen) atoms. The van der Waals surface area contributed by atoms with Crippen LogP contribution >= 0.6 is 11.3 Å². The van der Waals surface area contributed by atoms with Gasteiger partial charge in [-0.2, -0.15) is 0 Å². The first-order chi connectivity index (χ1) is 21.3. The molecule has 0 fully saturated rings. The number of aromatic nitrogens is 3. The second kappa shape index (κ2) is 9.55. The highest BCUT2D eigenvalue weighted by Gasteiger charge is 2.16. The van der Waals surface area contributed by atoms with Gasteiger partial charge in [0.05, 0.1) is 0 Å². The third-order valence-electron chi connectivity index (χ3n) is 8.27. The molecule has 0 aliphatic heterocycles. The summed E-state index contributed by atoms with van der Waals surface area (Å²) in [5, 5.41) is 9.56. The summed E-state index contributed by atoms with van der Waals surface area (Å²) in [5.41, 5.74) is 2.94. The van der Waals surface area contributed by atoms with Gasteiger partial charge < -0.3 is 0 Å². The van der Waals surface area contributed by atoms with Crippen molar-refractivity contribution in [2.24, 2.45) is 0 Å². The van der Waals surface area contributed by atoms with Gasteiger partial charge in [-0.1, -0.05) is 109 Å². The fourth-order valence-electron chi connectivity index (χ4n) is 6.10. The lowest BCUT2D eigenvalue weighted by Crippen LogP contribution is -2.00. The van der Waals surface area contributed by atoms with E-state index < -0.39 is 0 Å². The molecular formula is C39H23N3S. The Labute approximate surface area is 251 Å². The maximum atomic E-state index is 5.13. The van der Waals surface area contributed by atoms with Gasteiger partial charge in [-0.15, -0.1) is 11.3 Å². The van der Waals surface area contributed by atoms with Crippen molar-refractivity contribution in [1.82, 2.24) is 15.0 Å². The Morgan fingerprint density at radius 3 is 1.63 bits per heavy atom. The molecule has 0 bridgehead atoms. The highest BCUT2D eigenvalue weighted by molar-refractivity contribution is 7.25. The molecule has 0 atom stereocenters. The van der Waals surface area contributed by atoms with Crippen molar-refractivity contribution in [2.45, 2.75) is 0 Å². The van der Waals surface area contributed by atoms with E-state index in [-0.39, 0.29) is 0 Å². The molecule has 4 heteroatoms. The van der Waals surface area contributed by atoms with E-state index in [2.05, 4.69) is 140 Å². The van der Waals surface area contributed by atoms with Gasteiger partial charge in [-0.05, 0) is 62.6 Å². The largest absolute Gasteiger partial charge is 0.208 e. The number of hydrogen-bond acceptors (Lipinski definition) is 4. The van der Waals surface area contributed by atoms with E-state index in [1.807, 2.05) is 11.3 Å². The van der Waals surface area contributed by atoms with Gasteiger partial charge in [-0.25, -0.2) is 15.0 Å². The number of nitrogens with zero attached hydrogens (tertiary/aromatic N) is 3. The molecule has 0 saturated heterocycles. The fourth-order valence-corrected chi connectivity index (χ4v) is 7.24. The molecule has 2 heterocycles. The molecule has 200 valence electrons. The molecule has 9 aromatic rings. The minimum Gasteiger partial charge on any atom is -0.208 e. The lowest BCUT2D eigenvalue weighted by molar-refractivity contribution is 1.08. The van der Waals surface area contributed by atoms with Crippen LogP contribution in [0.3, 0.4) is 0 Å². The van der Waals surface area contributed by atoms with E-state index >= 15 is 0 Å². The molecule has 0 spiro atoms. The van der Waals surface area contributed by atoms with Crippen LogP contribution in [0.1, 0.15) is 0 Å². The van der Waals surface area contributed by atoms with Crippen LogP contribution in [0.15, 0.2) is 140 Å². The van der Waals surface area contributed by atoms with Crippen LogP contribution in [0.25, 0.3) is 86.7 Å². The van der Waals surface area contributed by atoms with Crippen molar-refractivity contribution in [3.8, 4) is 34.2 Å². The Morgan fingerprint density at radius 1 is 0.349 bits per heavy atom. The summed E-state index contributed by atoms with van der Waals surface area (Å²) in [7, 11) is 0. The molecule has 3 nitrogen and oxygen atoms in total. The van der Waals surface area contributed by atoms with Crippen LogP contribution < -0.4 is 0 Å². The summed E-state index contributed by atoms with van der Waals surface area (Å²) in [5.74, 6) is 2.00. The maximum absolute atomic E-state index is 5.13. The smallest absolute Gasteiger partial charge is 0.164 e. The molecular weight excluding hydrogens is 543 g/mol. The molecule has 0 amide bonds. The van der Waals surface area contributed by atoms with Crippen LogP contribution in [0, 0.1) is 0 Å². The van der Waals surface area contributed by atoms with Gasteiger partial charge in [0.1, 0.15) is 0 Å². The van der Waals surface area contributed by atoms with Gasteiger partial charge >= 0.3 is 0 Å². The average Bonchev–Trinajstić information content (AvgIpc) is 3.43. The maximum Gasteiger partial charge on any atom is 0.164 e. The first-order valence-corrected chi connectivity index (χ1v) is 15.2. The fraction of sp³-hybridized carbons (Fsp3) is 0. The van der Waals surface area contributed by atoms with E-state index in [4.69, 9.17) is 15.0 Å². The summed E-state index contributed by atoms with van der Waals surface area (Å²) in [4.78, 5) is 15.3. The standard InChI is InChI=1S/C39H23N3S/c1-3-10-26-20-29(18-16-24(26)8-1)37-40-38(30-19-17-25-9-2-4-11-27(25)21-30)42-39(41-37)32-14-7-12-28-22-36-34(23-33(28)32)31-13-5-6-15-35(31)43-36/h1-23H. The Bertz CT molecular complexity index is 2430. The molecule has 0 N–H and O–H groups in total. The molecule has 7 aromatic carbocycles. The Balaban J connectivity index is 1.31. The predicted octanol–water partition coefficient (Wildman–Crippen LogP) is 10.7. The summed E-state index contributed by atoms with van der Waals surface area (Å²) in [6.45, 7) is 0. The zero-order valence-corrected chi connectivity index (χ0v) is 23.8. The van der Waals surface area contributed by atoms with Crippen molar-refractivity contribution < 1.29 is 0 Å². The summed E-state index contributed by atoms with van der Waals surface area (Å²) in [6, 6.07) is 49.3. The number of thiophene rings is 1. The third kappa shape index (κ3) is 4.07. The second-order valence-electron chi connectivity index (χ2n) is 10.9. The Hall–Kier alpha value is -5.45. The SMILES string of the molecule is c1ccc2cc(-c3nc(-c4ccc5ccccc5c4)nc(-c4cccc5cc6sc7ccccc7c6cc45)n3)ccc2c1. The van der Waals surface area contributed by atoms with E-state index in [1.54, 1.807) is 0 Å². The van der Waals surface area contributed by atoms with E-state index in [0.717, 1.165) is 32.8 Å². The quantitative estimate of drug-likeness (QED) is 0.214. The highest BCUT2D eigenvalue weighted by Crippen LogP contribution is 2.39. The zero-order chi connectivity index (χ0) is 28.3. The van der Waals surface area contributed by atoms with Crippen molar-refractivity contribution in [3.63, 3.8) is 0 Å². The van der Waals surface area contributed by atoms with Crippen molar-refractivity contribution in [2.75, 3.05) is 0 Å². The van der Waals surface area contributed by atoms with Crippen molar-refractivity contribution in [3.05, 3.63) is 140 Å². The zero-order valence-electron chi connectivity index (χ0n) is 23.0. The van der Waals surface area contributed by atoms with Crippen LogP contribution in [-0.2, 0) is 0 Å². The summed E-state index contributed by atoms with van der Waals surface area (Å²) in [6.07, 6.45) is 0. The van der Waals surface area contributed by atoms with E-state index in [0.29, 0.717) is 17.5 Å². The number of benzene rings is 7. The number of hydrogen-bond donors (Lipinski definition) is 0. The Morgan fingerprint density at radius 2 is 0.930 bits per heavy atom. The molecule has 0 saturated carbocycles. The van der Waals surface area contributed by atoms with Crippen LogP contribution in [0.4, 0.5) is 0 Å². The van der Waals surface area contributed by atoms with Crippen LogP contribution in [-0.4, -0.2) is 15.0 Å². The molecule has 0 aliphatic carbocycles. The van der Waals surface area contributed by atoms with Crippen LogP contribution in [0.2, 0.25) is 0 Å². The van der Waals surface area contributed by atoms with Crippen LogP contribution in [0.5, 0.6) is 0 Å². The predicted molar refractivity (Wildman–Crippen MR) is 182 cm³/mol. The topological polar surface area (TPSA) is 38.7 Å². The Kier molecular flexibility index (Phi) is 5.37. The van der Waals surface area contributed by atoms with Crippen molar-refractivity contribution >= 4 is 63.8 Å². The van der Waals surface area contributed by atoms with Gasteiger partial charge in [0.25, 0.3) is 0 Å². The monoisotopic (exact) mass is 565 g/mol. The van der Waals surface area contributed by atoms with Crippen molar-refractivity contribution in [1.29, 1.82) is 0 Å². The summed E-state index contributed by atoms with van der Waals surface area (Å²) >= 11 is 1.84. The van der Waals surface area contributed by atoms with E-state index in [9.17, 15) is 0 Å². The average molecular weight is 566 g/mol. The van der Waals surface area contributed by atoms with Gasteiger partial charge in [0.15, 0.2) is 17.5 Å². The minimum absolute atomic E-state index is 0.665. The molecule has 2 aromatic heterocycles. The highest BCUT2D eigenvalue weighted by atomic mass is 32.1. The normalized spacial score (nSPS) is 11.7. The second-order valence-corrected chi connectivity index (χ2v) is 12.0. The third-order valence-corrected chi connectivity index (χ3v) is 9.40. The lowest BCUT2D eigenvalue weighted by Gasteiger charge is -2.11. The summed E-state index contributed by atoms with van der Waals surface area (Å²) < 4.78 is 2.59. The minimum atomic E-state index is 0.665. The number of rotatable bonds is 3. The molecule has 9 rings (SSSR count). The number of fused-ring (bicyclic) bond motifs is 6.